The van der Waals surface area contributed by atoms with Gasteiger partial charge in [-0.2, -0.15) is 0 Å². The Morgan fingerprint density at radius 1 is 0.919 bits per heavy atom. The molecule has 0 fully saturated rings. The number of pyridine rings is 1. The smallest absolute Gasteiger partial charge is 0.255 e. The molecule has 0 aliphatic heterocycles. The van der Waals surface area contributed by atoms with E-state index in [-0.39, 0.29) is 5.91 Å². The van der Waals surface area contributed by atoms with Crippen LogP contribution in [0.3, 0.4) is 0 Å². The van der Waals surface area contributed by atoms with Gasteiger partial charge < -0.3 is 11.1 Å². The highest BCUT2D eigenvalue weighted by atomic mass is 32.1. The minimum absolute atomic E-state index is 0.229. The van der Waals surface area contributed by atoms with Crippen LogP contribution in [0.5, 0.6) is 0 Å². The largest absolute Gasteiger partial charge is 0.397 e. The molecule has 3 N–H and O–H groups in total. The zero-order chi connectivity index (χ0) is 25.2. The second-order valence-corrected chi connectivity index (χ2v) is 9.56. The van der Waals surface area contributed by atoms with Gasteiger partial charge in [0.05, 0.1) is 35.3 Å². The lowest BCUT2D eigenvalue weighted by molar-refractivity contribution is 0.102. The van der Waals surface area contributed by atoms with E-state index in [1.165, 1.54) is 0 Å². The molecule has 7 nitrogen and oxygen atoms in total. The highest BCUT2D eigenvalue weighted by Crippen LogP contribution is 2.30. The summed E-state index contributed by atoms with van der Waals surface area (Å²) in [5.41, 5.74) is 12.2. The van der Waals surface area contributed by atoms with Gasteiger partial charge >= 0.3 is 0 Å². The van der Waals surface area contributed by atoms with Crippen LogP contribution >= 0.6 is 11.3 Å². The molecule has 0 saturated carbocycles. The van der Waals surface area contributed by atoms with Gasteiger partial charge in [-0.05, 0) is 53.4 Å². The maximum absolute atomic E-state index is 12.9. The summed E-state index contributed by atoms with van der Waals surface area (Å²) < 4.78 is 1.76. The van der Waals surface area contributed by atoms with Crippen molar-refractivity contribution in [1.29, 1.82) is 0 Å². The topological polar surface area (TPSA) is 98.7 Å². The van der Waals surface area contributed by atoms with E-state index < -0.39 is 0 Å². The number of fused-ring (bicyclic) bond motifs is 1. The van der Waals surface area contributed by atoms with Crippen LogP contribution in [-0.2, 0) is 6.54 Å². The molecule has 8 heteroatoms. The minimum Gasteiger partial charge on any atom is -0.397 e. The van der Waals surface area contributed by atoms with E-state index in [1.54, 1.807) is 28.2 Å². The van der Waals surface area contributed by atoms with Crippen LogP contribution in [0.4, 0.5) is 11.4 Å². The molecule has 0 spiro atoms. The zero-order valence-corrected chi connectivity index (χ0v) is 20.5. The first kappa shape index (κ1) is 22.6. The van der Waals surface area contributed by atoms with Gasteiger partial charge in [-0.25, -0.2) is 4.68 Å². The third kappa shape index (κ3) is 4.82. The van der Waals surface area contributed by atoms with Gasteiger partial charge in [0.2, 0.25) is 0 Å². The number of nitrogens with zero attached hydrogens (tertiary/aromatic N) is 4. The number of carbonyl (C=O) groups is 1. The molecule has 6 rings (SSSR count). The molecular weight excluding hydrogens is 480 g/mol. The average Bonchev–Trinajstić information content (AvgIpc) is 3.63. The van der Waals surface area contributed by atoms with Gasteiger partial charge in [0, 0.05) is 21.4 Å². The van der Waals surface area contributed by atoms with Crippen molar-refractivity contribution in [2.45, 2.75) is 6.54 Å². The molecule has 0 saturated heterocycles. The van der Waals surface area contributed by atoms with E-state index in [2.05, 4.69) is 21.7 Å². The van der Waals surface area contributed by atoms with Crippen molar-refractivity contribution in [3.63, 3.8) is 0 Å². The summed E-state index contributed by atoms with van der Waals surface area (Å²) in [6.45, 7) is 0.518. The quantitative estimate of drug-likeness (QED) is 0.268. The fraction of sp³-hybridized carbons (Fsp3) is 0.0345. The van der Waals surface area contributed by atoms with Gasteiger partial charge in [0.1, 0.15) is 5.69 Å². The molecule has 0 unspecified atom stereocenters. The fourth-order valence-corrected chi connectivity index (χ4v) is 4.84. The molecule has 0 radical (unpaired) electrons. The van der Waals surface area contributed by atoms with Crippen LogP contribution in [0, 0.1) is 0 Å². The molecule has 6 aromatic rings. The van der Waals surface area contributed by atoms with E-state index >= 15 is 0 Å². The Bertz CT molecular complexity index is 1710. The number of para-hydroxylation sites is 1. The molecule has 3 aromatic heterocycles. The third-order valence-corrected chi connectivity index (χ3v) is 6.99. The highest BCUT2D eigenvalue weighted by Gasteiger charge is 2.12. The molecule has 3 heterocycles. The van der Waals surface area contributed by atoms with E-state index in [9.17, 15) is 4.79 Å². The van der Waals surface area contributed by atoms with E-state index in [4.69, 9.17) is 10.7 Å². The number of rotatable bonds is 6. The number of anilines is 2. The summed E-state index contributed by atoms with van der Waals surface area (Å²) in [5.74, 6) is -0.229. The van der Waals surface area contributed by atoms with Crippen molar-refractivity contribution in [2.24, 2.45) is 0 Å². The molecule has 37 heavy (non-hydrogen) atoms. The summed E-state index contributed by atoms with van der Waals surface area (Å²) in [7, 11) is 0. The maximum Gasteiger partial charge on any atom is 0.255 e. The zero-order valence-electron chi connectivity index (χ0n) is 19.7. The number of hydrogen-bond donors (Lipinski definition) is 2. The standard InChI is InChI=1S/C29H22N6OS/c30-24-14-12-22(28-6-3-15-37-28)16-26(24)32-29(36)21-9-7-20(8-10-21)27-18-35(34-33-27)17-23-13-11-19-4-1-2-5-25(19)31-23/h1-16,18H,17,30H2,(H,32,36). The second kappa shape index (κ2) is 9.67. The number of aromatic nitrogens is 4. The molecule has 0 aliphatic carbocycles. The van der Waals surface area contributed by atoms with E-state index in [1.807, 2.05) is 84.4 Å². The molecule has 180 valence electrons. The van der Waals surface area contributed by atoms with Gasteiger partial charge in [0.25, 0.3) is 5.91 Å². The molecule has 0 atom stereocenters. The summed E-state index contributed by atoms with van der Waals surface area (Å²) >= 11 is 1.64. The Labute approximate surface area is 217 Å². The van der Waals surface area contributed by atoms with Crippen LogP contribution < -0.4 is 11.1 Å². The van der Waals surface area contributed by atoms with Crippen LogP contribution in [0.1, 0.15) is 16.1 Å². The number of carbonyl (C=O) groups excluding carboxylic acids is 1. The number of nitrogen functional groups attached to an aromatic ring is 1. The number of nitrogens with one attached hydrogen (secondary N) is 1. The van der Waals surface area contributed by atoms with Crippen LogP contribution in [0.25, 0.3) is 32.6 Å². The van der Waals surface area contributed by atoms with E-state index in [0.717, 1.165) is 38.3 Å². The second-order valence-electron chi connectivity index (χ2n) is 8.61. The van der Waals surface area contributed by atoms with Crippen molar-refractivity contribution < 1.29 is 4.79 Å². The molecular formula is C29H22N6OS. The fourth-order valence-electron chi connectivity index (χ4n) is 4.12. The van der Waals surface area contributed by atoms with Crippen LogP contribution in [0.15, 0.2) is 103 Å². The summed E-state index contributed by atoms with van der Waals surface area (Å²) in [6, 6.07) is 29.0. The number of hydrogen-bond acceptors (Lipinski definition) is 6. The lowest BCUT2D eigenvalue weighted by Crippen LogP contribution is -2.13. The predicted octanol–water partition coefficient (Wildman–Crippen LogP) is 6.10. The number of amides is 1. The van der Waals surface area contributed by atoms with Crippen molar-refractivity contribution in [1.82, 2.24) is 20.0 Å². The summed E-state index contributed by atoms with van der Waals surface area (Å²) in [6.07, 6.45) is 1.88. The van der Waals surface area contributed by atoms with Crippen molar-refractivity contribution in [3.05, 3.63) is 114 Å². The summed E-state index contributed by atoms with van der Waals surface area (Å²) in [5, 5.41) is 14.6. The number of benzene rings is 3. The Kier molecular flexibility index (Phi) is 5.92. The lowest BCUT2D eigenvalue weighted by Gasteiger charge is -2.10. The minimum atomic E-state index is -0.229. The van der Waals surface area contributed by atoms with Gasteiger partial charge in [-0.1, -0.05) is 53.7 Å². The summed E-state index contributed by atoms with van der Waals surface area (Å²) in [4.78, 5) is 18.7. The molecule has 1 amide bonds. The first-order chi connectivity index (χ1) is 18.1. The van der Waals surface area contributed by atoms with Crippen molar-refractivity contribution >= 4 is 39.5 Å². The number of nitrogens with two attached hydrogens (primary N) is 1. The van der Waals surface area contributed by atoms with Crippen LogP contribution in [-0.4, -0.2) is 25.9 Å². The highest BCUT2D eigenvalue weighted by molar-refractivity contribution is 7.13. The molecule has 0 bridgehead atoms. The Morgan fingerprint density at radius 2 is 1.76 bits per heavy atom. The predicted molar refractivity (Wildman–Crippen MR) is 148 cm³/mol. The first-order valence-electron chi connectivity index (χ1n) is 11.7. The first-order valence-corrected chi connectivity index (χ1v) is 12.6. The number of thiophene rings is 1. The Hall–Kier alpha value is -4.82. The van der Waals surface area contributed by atoms with Crippen LogP contribution in [0.2, 0.25) is 0 Å². The normalized spacial score (nSPS) is 11.0. The maximum atomic E-state index is 12.9. The van der Waals surface area contributed by atoms with E-state index in [0.29, 0.717) is 23.5 Å². The van der Waals surface area contributed by atoms with Gasteiger partial charge in [-0.15, -0.1) is 16.4 Å². The van der Waals surface area contributed by atoms with Crippen molar-refractivity contribution in [3.8, 4) is 21.7 Å². The Morgan fingerprint density at radius 3 is 2.59 bits per heavy atom. The van der Waals surface area contributed by atoms with Gasteiger partial charge in [0.15, 0.2) is 0 Å². The van der Waals surface area contributed by atoms with Gasteiger partial charge in [-0.3, -0.25) is 9.78 Å². The lowest BCUT2D eigenvalue weighted by atomic mass is 10.1. The monoisotopic (exact) mass is 502 g/mol. The third-order valence-electron chi connectivity index (χ3n) is 6.07. The average molecular weight is 503 g/mol. The Balaban J connectivity index is 1.15. The van der Waals surface area contributed by atoms with Crippen molar-refractivity contribution in [2.75, 3.05) is 11.1 Å². The molecule has 3 aromatic carbocycles. The molecule has 0 aliphatic rings. The SMILES string of the molecule is Nc1ccc(-c2cccs2)cc1NC(=O)c1ccc(-c2cn(Cc3ccc4ccccc4n3)nn2)cc1.